The Morgan fingerprint density at radius 1 is 1.26 bits per heavy atom. The number of amides is 2. The molecule has 2 fully saturated rings. The number of carboxylic acids is 1. The van der Waals surface area contributed by atoms with E-state index in [-0.39, 0.29) is 29.2 Å². The van der Waals surface area contributed by atoms with Gasteiger partial charge < -0.3 is 20.9 Å². The summed E-state index contributed by atoms with van der Waals surface area (Å²) in [5.41, 5.74) is 6.38. The zero-order chi connectivity index (χ0) is 25.5. The molecule has 1 aliphatic carbocycles. The van der Waals surface area contributed by atoms with Gasteiger partial charge in [-0.05, 0) is 75.3 Å². The van der Waals surface area contributed by atoms with Gasteiger partial charge in [0.15, 0.2) is 0 Å². The van der Waals surface area contributed by atoms with E-state index >= 15 is 0 Å². The van der Waals surface area contributed by atoms with Crippen molar-refractivity contribution in [1.29, 1.82) is 0 Å². The van der Waals surface area contributed by atoms with Crippen molar-refractivity contribution in [2.75, 3.05) is 0 Å². The first-order valence-corrected chi connectivity index (χ1v) is 12.4. The molecule has 4 rings (SSSR count). The molecular formula is C25H30FN3O5S. The fourth-order valence-electron chi connectivity index (χ4n) is 4.93. The molecule has 1 aliphatic heterocycles. The smallest absolute Gasteiger partial charge is 0.411 e. The van der Waals surface area contributed by atoms with E-state index in [0.29, 0.717) is 16.0 Å². The van der Waals surface area contributed by atoms with E-state index in [1.165, 1.54) is 12.1 Å². The van der Waals surface area contributed by atoms with Gasteiger partial charge in [-0.2, -0.15) is 0 Å². The summed E-state index contributed by atoms with van der Waals surface area (Å²) >= 11 is 1.07. The third kappa shape index (κ3) is 5.48. The van der Waals surface area contributed by atoms with E-state index in [9.17, 15) is 18.8 Å². The third-order valence-electron chi connectivity index (χ3n) is 6.38. The van der Waals surface area contributed by atoms with Crippen molar-refractivity contribution in [2.45, 2.75) is 70.3 Å². The van der Waals surface area contributed by atoms with Crippen LogP contribution >= 0.6 is 11.3 Å². The van der Waals surface area contributed by atoms with Gasteiger partial charge in [0.25, 0.3) is 0 Å². The summed E-state index contributed by atoms with van der Waals surface area (Å²) < 4.78 is 20.3. The van der Waals surface area contributed by atoms with E-state index < -0.39 is 35.7 Å². The van der Waals surface area contributed by atoms with Crippen molar-refractivity contribution in [2.24, 2.45) is 11.7 Å². The first-order valence-electron chi connectivity index (χ1n) is 11.6. The molecule has 4 atom stereocenters. The summed E-state index contributed by atoms with van der Waals surface area (Å²) in [6.45, 7) is 5.36. The number of fused-ring (bicyclic) bond motifs is 2. The third-order valence-corrected chi connectivity index (χ3v) is 7.50. The van der Waals surface area contributed by atoms with Crippen LogP contribution in [0.4, 0.5) is 9.18 Å². The summed E-state index contributed by atoms with van der Waals surface area (Å²) in [6, 6.07) is 7.07. The molecule has 4 N–H and O–H groups in total. The second-order valence-corrected chi connectivity index (χ2v) is 11.2. The zero-order valence-corrected chi connectivity index (χ0v) is 20.7. The number of hydrogen-bond donors (Lipinski definition) is 3. The van der Waals surface area contributed by atoms with Crippen molar-refractivity contribution < 1.29 is 28.6 Å². The number of likely N-dealkylation sites (tertiary alicyclic amines) is 1. The number of aromatic carboxylic acids is 1. The van der Waals surface area contributed by atoms with E-state index in [1.54, 1.807) is 43.9 Å². The van der Waals surface area contributed by atoms with Crippen LogP contribution in [0.25, 0.3) is 10.4 Å². The highest BCUT2D eigenvalue weighted by Crippen LogP contribution is 2.43. The lowest BCUT2D eigenvalue weighted by Crippen LogP contribution is -2.57. The lowest BCUT2D eigenvalue weighted by atomic mass is 9.97. The number of nitrogens with two attached hydrogens (primary N) is 1. The Morgan fingerprint density at radius 2 is 2.00 bits per heavy atom. The number of carbonyl (C=O) groups is 3. The summed E-state index contributed by atoms with van der Waals surface area (Å²) in [6.07, 6.45) is 1.18. The largest absolute Gasteiger partial charge is 0.477 e. The van der Waals surface area contributed by atoms with Crippen LogP contribution in [0.3, 0.4) is 0 Å². The Labute approximate surface area is 207 Å². The average molecular weight is 504 g/mol. The molecule has 1 saturated carbocycles. The van der Waals surface area contributed by atoms with E-state index in [2.05, 4.69) is 5.32 Å². The van der Waals surface area contributed by atoms with Crippen LogP contribution in [0.2, 0.25) is 0 Å². The maximum absolute atomic E-state index is 14.8. The van der Waals surface area contributed by atoms with E-state index in [0.717, 1.165) is 30.6 Å². The quantitative estimate of drug-likeness (QED) is 0.513. The Morgan fingerprint density at radius 3 is 2.63 bits per heavy atom. The normalized spacial score (nSPS) is 22.2. The minimum atomic E-state index is -1.03. The number of ether oxygens (including phenoxy) is 1. The van der Waals surface area contributed by atoms with Crippen molar-refractivity contribution in [1.82, 2.24) is 10.2 Å². The van der Waals surface area contributed by atoms with Gasteiger partial charge in [0, 0.05) is 17.3 Å². The highest BCUT2D eigenvalue weighted by Gasteiger charge is 2.52. The van der Waals surface area contributed by atoms with Gasteiger partial charge in [0.05, 0.1) is 6.17 Å². The van der Waals surface area contributed by atoms with Crippen LogP contribution < -0.4 is 11.1 Å². The van der Waals surface area contributed by atoms with Crippen LogP contribution in [0.5, 0.6) is 0 Å². The van der Waals surface area contributed by atoms with Gasteiger partial charge >= 0.3 is 12.1 Å². The molecule has 2 bridgehead atoms. The molecule has 0 radical (unpaired) electrons. The van der Waals surface area contributed by atoms with Crippen LogP contribution in [-0.4, -0.2) is 51.8 Å². The number of carboxylic acid groups (broad SMARTS) is 1. The SMILES string of the molecule is CC(C)(C)OC(=O)N1C2CCC(C2)C1C(=O)NC(N)Cc1ccc(-c2ccc(C(=O)O)s2)cc1F. The number of nitrogens with one attached hydrogen (secondary N) is 1. The molecule has 0 spiro atoms. The molecule has 10 heteroatoms. The molecule has 1 aromatic carbocycles. The van der Waals surface area contributed by atoms with E-state index in [1.807, 2.05) is 0 Å². The number of rotatable bonds is 6. The standard InChI is InChI=1S/C25H30FN3O5S/c1-25(2,3)34-24(33)29-16-7-6-15(10-16)21(29)22(30)28-20(27)12-13-4-5-14(11-17(13)26)18-8-9-19(35-18)23(31)32/h4-5,8-9,11,15-16,20-21H,6-7,10,12,27H2,1-3H3,(H,28,30)(H,31,32). The molecule has 1 aromatic heterocycles. The molecule has 188 valence electrons. The highest BCUT2D eigenvalue weighted by atomic mass is 32.1. The van der Waals surface area contributed by atoms with Crippen LogP contribution in [-0.2, 0) is 16.0 Å². The number of piperidine rings is 1. The fraction of sp³-hybridized carbons (Fsp3) is 0.480. The summed E-state index contributed by atoms with van der Waals surface area (Å²) in [5.74, 6) is -1.82. The van der Waals surface area contributed by atoms with Crippen LogP contribution in [0.1, 0.15) is 55.3 Å². The van der Waals surface area contributed by atoms with Gasteiger partial charge in [-0.3, -0.25) is 9.69 Å². The van der Waals surface area contributed by atoms with Gasteiger partial charge in [0.2, 0.25) is 5.91 Å². The van der Waals surface area contributed by atoms with Crippen LogP contribution in [0, 0.1) is 11.7 Å². The zero-order valence-electron chi connectivity index (χ0n) is 19.9. The molecule has 35 heavy (non-hydrogen) atoms. The molecule has 2 aromatic rings. The first kappa shape index (κ1) is 25.1. The highest BCUT2D eigenvalue weighted by molar-refractivity contribution is 7.17. The molecular weight excluding hydrogens is 473 g/mol. The van der Waals surface area contributed by atoms with Gasteiger partial charge in [-0.15, -0.1) is 11.3 Å². The molecule has 4 unspecified atom stereocenters. The molecule has 8 nitrogen and oxygen atoms in total. The lowest BCUT2D eigenvalue weighted by molar-refractivity contribution is -0.128. The first-order chi connectivity index (χ1) is 16.4. The number of carbonyl (C=O) groups excluding carboxylic acids is 2. The predicted molar refractivity (Wildman–Crippen MR) is 129 cm³/mol. The molecule has 1 saturated heterocycles. The Hall–Kier alpha value is -2.98. The van der Waals surface area contributed by atoms with Crippen molar-refractivity contribution in [3.05, 3.63) is 46.6 Å². The Kier molecular flexibility index (Phi) is 6.88. The number of nitrogens with zero attached hydrogens (tertiary/aromatic N) is 1. The van der Waals surface area contributed by atoms with Crippen molar-refractivity contribution in [3.63, 3.8) is 0 Å². The number of halogens is 1. The molecule has 2 aliphatic rings. The summed E-state index contributed by atoms with van der Waals surface area (Å²) in [7, 11) is 0. The van der Waals surface area contributed by atoms with Crippen LogP contribution in [0.15, 0.2) is 30.3 Å². The monoisotopic (exact) mass is 503 g/mol. The topological polar surface area (TPSA) is 122 Å². The van der Waals surface area contributed by atoms with Crippen molar-refractivity contribution >= 4 is 29.3 Å². The number of benzene rings is 1. The second-order valence-electron chi connectivity index (χ2n) is 10.2. The maximum atomic E-state index is 14.8. The maximum Gasteiger partial charge on any atom is 0.411 e. The second kappa shape index (κ2) is 9.58. The minimum Gasteiger partial charge on any atom is -0.477 e. The minimum absolute atomic E-state index is 0.0225. The average Bonchev–Trinajstić information content (AvgIpc) is 3.49. The lowest BCUT2D eigenvalue weighted by Gasteiger charge is -2.36. The Balaban J connectivity index is 1.41. The van der Waals surface area contributed by atoms with Gasteiger partial charge in [-0.25, -0.2) is 14.0 Å². The predicted octanol–water partition coefficient (Wildman–Crippen LogP) is 3.98. The molecule has 2 heterocycles. The van der Waals surface area contributed by atoms with E-state index in [4.69, 9.17) is 15.6 Å². The van der Waals surface area contributed by atoms with Gasteiger partial charge in [-0.1, -0.05) is 12.1 Å². The number of thiophene rings is 1. The summed E-state index contributed by atoms with van der Waals surface area (Å²) in [4.78, 5) is 39.4. The Bertz CT molecular complexity index is 1140. The van der Waals surface area contributed by atoms with Gasteiger partial charge in [0.1, 0.15) is 22.3 Å². The summed E-state index contributed by atoms with van der Waals surface area (Å²) in [5, 5.41) is 11.8. The fourth-order valence-corrected chi connectivity index (χ4v) is 5.77. The number of hydrogen-bond acceptors (Lipinski definition) is 6. The molecule has 2 amide bonds. The van der Waals surface area contributed by atoms with Crippen molar-refractivity contribution in [3.8, 4) is 10.4 Å².